The van der Waals surface area contributed by atoms with Gasteiger partial charge < -0.3 is 5.32 Å². The molecule has 0 aromatic heterocycles. The third-order valence-electron chi connectivity index (χ3n) is 5.01. The van der Waals surface area contributed by atoms with Crippen LogP contribution in [0.3, 0.4) is 0 Å². The summed E-state index contributed by atoms with van der Waals surface area (Å²) in [5.41, 5.74) is 0.820. The Morgan fingerprint density at radius 3 is 2.47 bits per heavy atom. The average molecular weight is 285 g/mol. The Hall–Kier alpha value is 0.270. The first kappa shape index (κ1) is 15.7. The molecule has 0 amide bonds. The number of nitrogens with zero attached hydrogens (tertiary/aromatic N) is 1. The predicted octanol–water partition coefficient (Wildman–Crippen LogP) is 3.37. The molecule has 1 aliphatic carbocycles. The Morgan fingerprint density at radius 2 is 1.89 bits per heavy atom. The lowest BCUT2D eigenvalue weighted by Crippen LogP contribution is -2.67. The molecule has 1 aliphatic heterocycles. The molecule has 112 valence electrons. The van der Waals surface area contributed by atoms with Crippen LogP contribution in [0.4, 0.5) is 0 Å². The highest BCUT2D eigenvalue weighted by Gasteiger charge is 2.42. The van der Waals surface area contributed by atoms with Gasteiger partial charge in [0.1, 0.15) is 0 Å². The van der Waals surface area contributed by atoms with E-state index in [0.29, 0.717) is 17.0 Å². The van der Waals surface area contributed by atoms with Crippen molar-refractivity contribution in [1.29, 1.82) is 0 Å². The zero-order valence-corrected chi connectivity index (χ0v) is 14.1. The molecule has 1 spiro atoms. The van der Waals surface area contributed by atoms with Crippen molar-refractivity contribution in [3.8, 4) is 0 Å². The van der Waals surface area contributed by atoms with E-state index < -0.39 is 0 Å². The summed E-state index contributed by atoms with van der Waals surface area (Å²) in [4.78, 5) is 2.79. The van der Waals surface area contributed by atoms with Crippen LogP contribution in [0.25, 0.3) is 0 Å². The second-order valence-corrected chi connectivity index (χ2v) is 8.55. The van der Waals surface area contributed by atoms with Gasteiger partial charge in [0.15, 0.2) is 0 Å². The van der Waals surface area contributed by atoms with Crippen molar-refractivity contribution in [3.05, 3.63) is 0 Å². The fourth-order valence-corrected chi connectivity index (χ4v) is 4.28. The summed E-state index contributed by atoms with van der Waals surface area (Å²) in [6.45, 7) is 10.9. The zero-order chi connectivity index (χ0) is 13.9. The van der Waals surface area contributed by atoms with Gasteiger partial charge >= 0.3 is 0 Å². The molecule has 2 fully saturated rings. The van der Waals surface area contributed by atoms with Crippen molar-refractivity contribution < 1.29 is 0 Å². The minimum atomic E-state index is 0.377. The molecule has 2 rings (SSSR count). The summed E-state index contributed by atoms with van der Waals surface area (Å²) >= 11 is 1.98. The minimum absolute atomic E-state index is 0.377. The number of rotatable bonds is 3. The molecule has 0 aromatic rings. The first-order valence-electron chi connectivity index (χ1n) is 7.95. The first-order valence-corrected chi connectivity index (χ1v) is 9.34. The standard InChI is InChI=1S/C16H32N2S/c1-15(2,3)14-12-17-16(8-6-5-7-9-16)13-18(14)10-11-19-4/h14,17H,5-13H2,1-4H3. The third kappa shape index (κ3) is 3.89. The van der Waals surface area contributed by atoms with Gasteiger partial charge in [-0.15, -0.1) is 0 Å². The Morgan fingerprint density at radius 1 is 1.21 bits per heavy atom. The highest BCUT2D eigenvalue weighted by Crippen LogP contribution is 2.35. The Bertz CT molecular complexity index is 279. The summed E-state index contributed by atoms with van der Waals surface area (Å²) in [6.07, 6.45) is 9.29. The molecule has 0 aromatic carbocycles. The average Bonchev–Trinajstić information content (AvgIpc) is 2.36. The normalized spacial score (nSPS) is 28.7. The van der Waals surface area contributed by atoms with Crippen LogP contribution in [0.15, 0.2) is 0 Å². The van der Waals surface area contributed by atoms with Crippen molar-refractivity contribution in [2.45, 2.75) is 64.5 Å². The maximum Gasteiger partial charge on any atom is 0.0309 e. The van der Waals surface area contributed by atoms with Gasteiger partial charge in [0, 0.05) is 37.0 Å². The Kier molecular flexibility index (Phi) is 5.24. The minimum Gasteiger partial charge on any atom is -0.308 e. The van der Waals surface area contributed by atoms with E-state index in [1.807, 2.05) is 11.8 Å². The fraction of sp³-hybridized carbons (Fsp3) is 1.00. The van der Waals surface area contributed by atoms with Crippen molar-refractivity contribution in [2.75, 3.05) is 31.6 Å². The smallest absolute Gasteiger partial charge is 0.0309 e. The Balaban J connectivity index is 2.05. The van der Waals surface area contributed by atoms with E-state index in [9.17, 15) is 0 Å². The molecule has 1 atom stereocenters. The number of hydrogen-bond donors (Lipinski definition) is 1. The molecule has 19 heavy (non-hydrogen) atoms. The van der Waals surface area contributed by atoms with Gasteiger partial charge in [-0.3, -0.25) is 4.90 Å². The summed E-state index contributed by atoms with van der Waals surface area (Å²) < 4.78 is 0. The second-order valence-electron chi connectivity index (χ2n) is 7.57. The van der Waals surface area contributed by atoms with Crippen molar-refractivity contribution in [3.63, 3.8) is 0 Å². The van der Waals surface area contributed by atoms with Gasteiger partial charge in [-0.2, -0.15) is 11.8 Å². The van der Waals surface area contributed by atoms with Gasteiger partial charge in [0.2, 0.25) is 0 Å². The topological polar surface area (TPSA) is 15.3 Å². The van der Waals surface area contributed by atoms with E-state index in [0.717, 1.165) is 0 Å². The number of nitrogens with one attached hydrogen (secondary N) is 1. The lowest BCUT2D eigenvalue weighted by Gasteiger charge is -2.53. The van der Waals surface area contributed by atoms with Crippen LogP contribution in [0.2, 0.25) is 0 Å². The molecule has 2 aliphatic rings. The number of thioether (sulfide) groups is 1. The van der Waals surface area contributed by atoms with E-state index in [4.69, 9.17) is 0 Å². The molecule has 1 saturated heterocycles. The van der Waals surface area contributed by atoms with Gasteiger partial charge in [-0.1, -0.05) is 40.0 Å². The highest BCUT2D eigenvalue weighted by molar-refractivity contribution is 7.98. The van der Waals surface area contributed by atoms with Crippen molar-refractivity contribution in [2.24, 2.45) is 5.41 Å². The molecule has 1 heterocycles. The maximum atomic E-state index is 3.95. The summed E-state index contributed by atoms with van der Waals surface area (Å²) in [7, 11) is 0. The molecule has 0 bridgehead atoms. The molecule has 2 nitrogen and oxygen atoms in total. The second kappa shape index (κ2) is 6.36. The lowest BCUT2D eigenvalue weighted by atomic mass is 9.76. The predicted molar refractivity (Wildman–Crippen MR) is 87.0 cm³/mol. The number of hydrogen-bond acceptors (Lipinski definition) is 3. The SMILES string of the molecule is CSCCN1CC2(CCCCC2)NCC1C(C)(C)C. The number of piperazine rings is 1. The molecular weight excluding hydrogens is 252 g/mol. The zero-order valence-electron chi connectivity index (χ0n) is 13.3. The molecule has 1 N–H and O–H groups in total. The molecular formula is C16H32N2S. The Labute approximate surface area is 124 Å². The van der Waals surface area contributed by atoms with Gasteiger partial charge in [-0.05, 0) is 24.5 Å². The fourth-order valence-electron chi connectivity index (χ4n) is 3.86. The van der Waals surface area contributed by atoms with E-state index in [2.05, 4.69) is 37.2 Å². The van der Waals surface area contributed by atoms with E-state index in [-0.39, 0.29) is 0 Å². The van der Waals surface area contributed by atoms with Crippen LogP contribution in [0.5, 0.6) is 0 Å². The summed E-state index contributed by atoms with van der Waals surface area (Å²) in [5, 5.41) is 3.95. The largest absolute Gasteiger partial charge is 0.308 e. The van der Waals surface area contributed by atoms with Gasteiger partial charge in [0.25, 0.3) is 0 Å². The van der Waals surface area contributed by atoms with Crippen LogP contribution in [-0.2, 0) is 0 Å². The molecule has 1 unspecified atom stereocenters. The summed E-state index contributed by atoms with van der Waals surface area (Å²) in [6, 6.07) is 0.687. The maximum absolute atomic E-state index is 3.95. The monoisotopic (exact) mass is 284 g/mol. The van der Waals surface area contributed by atoms with Crippen LogP contribution in [0.1, 0.15) is 52.9 Å². The van der Waals surface area contributed by atoms with E-state index >= 15 is 0 Å². The van der Waals surface area contributed by atoms with Crippen LogP contribution in [-0.4, -0.2) is 48.1 Å². The van der Waals surface area contributed by atoms with E-state index in [1.54, 1.807) is 0 Å². The van der Waals surface area contributed by atoms with Gasteiger partial charge in [-0.25, -0.2) is 0 Å². The summed E-state index contributed by atoms with van der Waals surface area (Å²) in [5.74, 6) is 1.27. The molecule has 3 heteroatoms. The molecule has 1 saturated carbocycles. The quantitative estimate of drug-likeness (QED) is 0.855. The van der Waals surface area contributed by atoms with Crippen LogP contribution < -0.4 is 5.32 Å². The van der Waals surface area contributed by atoms with Crippen molar-refractivity contribution >= 4 is 11.8 Å². The third-order valence-corrected chi connectivity index (χ3v) is 5.60. The lowest BCUT2D eigenvalue weighted by molar-refractivity contribution is 0.0128. The van der Waals surface area contributed by atoms with Crippen molar-refractivity contribution in [1.82, 2.24) is 10.2 Å². The van der Waals surface area contributed by atoms with Crippen LogP contribution >= 0.6 is 11.8 Å². The van der Waals surface area contributed by atoms with Gasteiger partial charge in [0.05, 0.1) is 0 Å². The molecule has 0 radical (unpaired) electrons. The van der Waals surface area contributed by atoms with E-state index in [1.165, 1.54) is 57.5 Å². The highest BCUT2D eigenvalue weighted by atomic mass is 32.2. The van der Waals surface area contributed by atoms with Crippen LogP contribution in [0, 0.1) is 5.41 Å². The first-order chi connectivity index (χ1) is 8.97.